The van der Waals surface area contributed by atoms with Crippen LogP contribution in [-0.2, 0) is 6.42 Å². The number of hydrogen-bond donors (Lipinski definition) is 2. The smallest absolute Gasteiger partial charge is 0.161 e. The summed E-state index contributed by atoms with van der Waals surface area (Å²) in [6.45, 7) is 2.64. The number of nitrogens with two attached hydrogens (primary N) is 1. The van der Waals surface area contributed by atoms with Crippen molar-refractivity contribution in [3.05, 3.63) is 23.8 Å². The first-order chi connectivity index (χ1) is 8.17. The summed E-state index contributed by atoms with van der Waals surface area (Å²) in [7, 11) is 1.64. The number of nitrogens with one attached hydrogen (secondary N) is 1. The van der Waals surface area contributed by atoms with E-state index in [4.69, 9.17) is 20.6 Å². The normalized spacial score (nSPS) is 10.0. The van der Waals surface area contributed by atoms with Crippen LogP contribution in [0.4, 0.5) is 0 Å². The van der Waals surface area contributed by atoms with Gasteiger partial charge in [0.25, 0.3) is 0 Å². The van der Waals surface area contributed by atoms with Crippen LogP contribution in [0.5, 0.6) is 11.5 Å². The van der Waals surface area contributed by atoms with E-state index in [-0.39, 0.29) is 5.84 Å². The highest BCUT2D eigenvalue weighted by Crippen LogP contribution is 2.28. The van der Waals surface area contributed by atoms with Crippen LogP contribution in [0.25, 0.3) is 0 Å². The van der Waals surface area contributed by atoms with Crippen LogP contribution < -0.4 is 15.2 Å². The van der Waals surface area contributed by atoms with E-state index in [9.17, 15) is 0 Å². The number of amidine groups is 1. The average Bonchev–Trinajstić information content (AvgIpc) is 2.34. The zero-order valence-corrected chi connectivity index (χ0v) is 10.5. The predicted molar refractivity (Wildman–Crippen MR) is 69.0 cm³/mol. The van der Waals surface area contributed by atoms with Crippen molar-refractivity contribution in [2.24, 2.45) is 5.73 Å². The van der Waals surface area contributed by atoms with Crippen molar-refractivity contribution in [1.82, 2.24) is 0 Å². The Morgan fingerprint density at radius 2 is 2.12 bits per heavy atom. The molecule has 0 amide bonds. The van der Waals surface area contributed by atoms with Gasteiger partial charge in [0, 0.05) is 6.42 Å². The van der Waals surface area contributed by atoms with Gasteiger partial charge in [0.2, 0.25) is 0 Å². The fraction of sp³-hybridized carbons (Fsp3) is 0.462. The first-order valence-electron chi connectivity index (χ1n) is 5.80. The molecule has 17 heavy (non-hydrogen) atoms. The van der Waals surface area contributed by atoms with Gasteiger partial charge < -0.3 is 15.2 Å². The molecule has 0 unspecified atom stereocenters. The van der Waals surface area contributed by atoms with E-state index in [1.807, 2.05) is 18.2 Å². The van der Waals surface area contributed by atoms with Crippen LogP contribution >= 0.6 is 0 Å². The molecule has 0 saturated carbocycles. The molecule has 0 aliphatic rings. The van der Waals surface area contributed by atoms with E-state index >= 15 is 0 Å². The predicted octanol–water partition coefficient (Wildman–Crippen LogP) is 2.35. The molecule has 0 spiro atoms. The molecule has 1 aromatic carbocycles. The molecule has 0 radical (unpaired) electrons. The largest absolute Gasteiger partial charge is 0.493 e. The Hall–Kier alpha value is -1.71. The summed E-state index contributed by atoms with van der Waals surface area (Å²) in [5.74, 6) is 1.70. The van der Waals surface area contributed by atoms with Crippen molar-refractivity contribution >= 4 is 5.84 Å². The van der Waals surface area contributed by atoms with E-state index in [1.54, 1.807) is 7.11 Å². The zero-order chi connectivity index (χ0) is 12.7. The maximum atomic E-state index is 7.11. The van der Waals surface area contributed by atoms with Gasteiger partial charge in [-0.05, 0) is 30.5 Å². The van der Waals surface area contributed by atoms with Crippen molar-refractivity contribution in [2.75, 3.05) is 13.7 Å². The van der Waals surface area contributed by atoms with E-state index < -0.39 is 0 Å². The third kappa shape index (κ3) is 4.34. The topological polar surface area (TPSA) is 68.3 Å². The first-order valence-corrected chi connectivity index (χ1v) is 5.80. The third-order valence-corrected chi connectivity index (χ3v) is 2.48. The number of ether oxygens (including phenoxy) is 2. The monoisotopic (exact) mass is 236 g/mol. The van der Waals surface area contributed by atoms with Crippen LogP contribution in [-0.4, -0.2) is 19.6 Å². The van der Waals surface area contributed by atoms with Gasteiger partial charge in [-0.25, -0.2) is 0 Å². The summed E-state index contributed by atoms with van der Waals surface area (Å²) in [4.78, 5) is 0. The van der Waals surface area contributed by atoms with Crippen LogP contribution in [0.15, 0.2) is 18.2 Å². The molecule has 94 valence electrons. The Bertz CT molecular complexity index is 378. The van der Waals surface area contributed by atoms with Crippen molar-refractivity contribution < 1.29 is 9.47 Å². The Labute approximate surface area is 102 Å². The minimum atomic E-state index is 0.196. The van der Waals surface area contributed by atoms with Crippen molar-refractivity contribution in [3.63, 3.8) is 0 Å². The average molecular weight is 236 g/mol. The summed E-state index contributed by atoms with van der Waals surface area (Å²) in [5, 5.41) is 7.11. The molecule has 0 atom stereocenters. The highest BCUT2D eigenvalue weighted by molar-refractivity contribution is 5.76. The Morgan fingerprint density at radius 3 is 2.71 bits per heavy atom. The quantitative estimate of drug-likeness (QED) is 0.434. The molecule has 1 rings (SSSR count). The van der Waals surface area contributed by atoms with Gasteiger partial charge in [-0.2, -0.15) is 0 Å². The van der Waals surface area contributed by atoms with Gasteiger partial charge in [-0.1, -0.05) is 13.0 Å². The molecule has 0 bridgehead atoms. The van der Waals surface area contributed by atoms with E-state index in [1.165, 1.54) is 5.56 Å². The molecule has 1 aromatic rings. The van der Waals surface area contributed by atoms with Crippen molar-refractivity contribution in [3.8, 4) is 11.5 Å². The van der Waals surface area contributed by atoms with Gasteiger partial charge in [-0.3, -0.25) is 5.41 Å². The maximum absolute atomic E-state index is 7.11. The van der Waals surface area contributed by atoms with E-state index in [0.29, 0.717) is 13.0 Å². The van der Waals surface area contributed by atoms with Crippen LogP contribution in [0.2, 0.25) is 0 Å². The van der Waals surface area contributed by atoms with Crippen molar-refractivity contribution in [1.29, 1.82) is 5.41 Å². The second-order valence-electron chi connectivity index (χ2n) is 3.82. The molecular weight excluding hydrogens is 216 g/mol. The van der Waals surface area contributed by atoms with Crippen LogP contribution in [0, 0.1) is 5.41 Å². The minimum absolute atomic E-state index is 0.196. The molecular formula is C13H20N2O2. The van der Waals surface area contributed by atoms with Gasteiger partial charge in [-0.15, -0.1) is 0 Å². The summed E-state index contributed by atoms with van der Waals surface area (Å²) < 4.78 is 10.9. The summed E-state index contributed by atoms with van der Waals surface area (Å²) in [5.41, 5.74) is 6.49. The molecule has 4 nitrogen and oxygen atoms in total. The molecule has 0 saturated heterocycles. The van der Waals surface area contributed by atoms with E-state index in [2.05, 4.69) is 6.92 Å². The highest BCUT2D eigenvalue weighted by atomic mass is 16.5. The fourth-order valence-electron chi connectivity index (χ4n) is 1.50. The molecule has 0 aliphatic heterocycles. The van der Waals surface area contributed by atoms with Gasteiger partial charge in [0.15, 0.2) is 11.5 Å². The molecule has 0 aromatic heterocycles. The number of benzene rings is 1. The van der Waals surface area contributed by atoms with Gasteiger partial charge >= 0.3 is 0 Å². The molecule has 4 heteroatoms. The third-order valence-electron chi connectivity index (χ3n) is 2.48. The Kier molecular flexibility index (Phi) is 5.33. The standard InChI is InChI=1S/C13H20N2O2/c1-3-10-6-7-11(12(9-10)16-2)17-8-4-5-13(14)15/h6-7,9H,3-5,8H2,1-2H3,(H3,14,15). The van der Waals surface area contributed by atoms with Crippen LogP contribution in [0.3, 0.4) is 0 Å². The van der Waals surface area contributed by atoms with Crippen LogP contribution in [0.1, 0.15) is 25.3 Å². The Morgan fingerprint density at radius 1 is 1.35 bits per heavy atom. The Balaban J connectivity index is 2.55. The maximum Gasteiger partial charge on any atom is 0.161 e. The van der Waals surface area contributed by atoms with Crippen molar-refractivity contribution in [2.45, 2.75) is 26.2 Å². The lowest BCUT2D eigenvalue weighted by Gasteiger charge is -2.11. The zero-order valence-electron chi connectivity index (χ0n) is 10.5. The second-order valence-corrected chi connectivity index (χ2v) is 3.82. The van der Waals surface area contributed by atoms with Gasteiger partial charge in [0.05, 0.1) is 19.6 Å². The summed E-state index contributed by atoms with van der Waals surface area (Å²) in [6, 6.07) is 5.94. The van der Waals surface area contributed by atoms with E-state index in [0.717, 1.165) is 24.3 Å². The molecule has 0 fully saturated rings. The SMILES string of the molecule is CCc1ccc(OCCCC(=N)N)c(OC)c1. The number of rotatable bonds is 7. The summed E-state index contributed by atoms with van der Waals surface area (Å²) in [6.07, 6.45) is 2.28. The lowest BCUT2D eigenvalue weighted by molar-refractivity contribution is 0.291. The highest BCUT2D eigenvalue weighted by Gasteiger charge is 2.04. The lowest BCUT2D eigenvalue weighted by atomic mass is 10.1. The molecule has 3 N–H and O–H groups in total. The molecule has 0 heterocycles. The lowest BCUT2D eigenvalue weighted by Crippen LogP contribution is -2.11. The number of methoxy groups -OCH3 is 1. The number of aryl methyl sites for hydroxylation is 1. The second kappa shape index (κ2) is 6.78. The minimum Gasteiger partial charge on any atom is -0.493 e. The molecule has 0 aliphatic carbocycles. The van der Waals surface area contributed by atoms with Gasteiger partial charge in [0.1, 0.15) is 0 Å². The number of hydrogen-bond acceptors (Lipinski definition) is 3. The first kappa shape index (κ1) is 13.4. The fourth-order valence-corrected chi connectivity index (χ4v) is 1.50. The summed E-state index contributed by atoms with van der Waals surface area (Å²) >= 11 is 0.